The summed E-state index contributed by atoms with van der Waals surface area (Å²) in [6.45, 7) is 6.07. The first kappa shape index (κ1) is 19.0. The normalized spacial score (nSPS) is 15.3. The lowest BCUT2D eigenvalue weighted by molar-refractivity contribution is 0.380. The number of thiazole rings is 1. The molecule has 3 heterocycles. The fraction of sp³-hybridized carbons (Fsp3) is 0.333. The monoisotopic (exact) mass is 483 g/mol. The van der Waals surface area contributed by atoms with Gasteiger partial charge >= 0.3 is 0 Å². The third-order valence-electron chi connectivity index (χ3n) is 4.62. The summed E-state index contributed by atoms with van der Waals surface area (Å²) in [5.74, 6) is 1.46. The van der Waals surface area contributed by atoms with E-state index in [2.05, 4.69) is 32.8 Å². The summed E-state index contributed by atoms with van der Waals surface area (Å²) in [6, 6.07) is 8.06. The molecule has 26 heavy (non-hydrogen) atoms. The van der Waals surface area contributed by atoms with Crippen molar-refractivity contribution in [3.8, 4) is 0 Å². The maximum absolute atomic E-state index is 6.21. The van der Waals surface area contributed by atoms with E-state index in [0.717, 1.165) is 53.6 Å². The fourth-order valence-electron chi connectivity index (χ4n) is 3.13. The number of aryl methyl sites for hydroxylation is 1. The Labute approximate surface area is 173 Å². The van der Waals surface area contributed by atoms with Crippen molar-refractivity contribution in [2.75, 3.05) is 31.1 Å². The molecule has 0 saturated carbocycles. The van der Waals surface area contributed by atoms with Crippen molar-refractivity contribution >= 4 is 57.4 Å². The zero-order valence-electron chi connectivity index (χ0n) is 14.6. The maximum atomic E-state index is 6.21. The summed E-state index contributed by atoms with van der Waals surface area (Å²) >= 11 is 1.67. The van der Waals surface area contributed by atoms with Gasteiger partial charge in [0.2, 0.25) is 0 Å². The van der Waals surface area contributed by atoms with Crippen LogP contribution in [0.4, 0.5) is 5.13 Å². The van der Waals surface area contributed by atoms with Gasteiger partial charge < -0.3 is 20.0 Å². The number of anilines is 1. The highest BCUT2D eigenvalue weighted by molar-refractivity contribution is 14.0. The number of fused-ring (bicyclic) bond motifs is 1. The molecule has 138 valence electrons. The predicted molar refractivity (Wildman–Crippen MR) is 118 cm³/mol. The first-order valence-corrected chi connectivity index (χ1v) is 9.26. The number of rotatable bonds is 3. The Balaban J connectivity index is 0.00000196. The van der Waals surface area contributed by atoms with E-state index in [1.807, 2.05) is 29.8 Å². The standard InChI is InChI=1S/C18H21N5OS.HI/c1-13-14-4-2-3-5-15(14)24-16(13)12-21-17(19)22-7-9-23(10-8-22)18-20-6-11-25-18;/h2-6,11H,7-10,12H2,1H3,(H2,19,21);1H. The molecule has 0 amide bonds. The van der Waals surface area contributed by atoms with Gasteiger partial charge in [0.25, 0.3) is 0 Å². The van der Waals surface area contributed by atoms with E-state index in [0.29, 0.717) is 12.5 Å². The highest BCUT2D eigenvalue weighted by Gasteiger charge is 2.20. The van der Waals surface area contributed by atoms with Crippen molar-refractivity contribution in [1.82, 2.24) is 9.88 Å². The first-order chi connectivity index (χ1) is 12.2. The molecular weight excluding hydrogens is 461 g/mol. The average molecular weight is 483 g/mol. The van der Waals surface area contributed by atoms with Gasteiger partial charge in [-0.3, -0.25) is 0 Å². The summed E-state index contributed by atoms with van der Waals surface area (Å²) in [6.07, 6.45) is 1.85. The van der Waals surface area contributed by atoms with Crippen molar-refractivity contribution in [2.24, 2.45) is 10.7 Å². The molecule has 8 heteroatoms. The van der Waals surface area contributed by atoms with Gasteiger partial charge in [0, 0.05) is 48.7 Å². The van der Waals surface area contributed by atoms with Crippen LogP contribution in [0.25, 0.3) is 11.0 Å². The highest BCUT2D eigenvalue weighted by Crippen LogP contribution is 2.25. The van der Waals surface area contributed by atoms with Crippen molar-refractivity contribution in [1.29, 1.82) is 0 Å². The highest BCUT2D eigenvalue weighted by atomic mass is 127. The molecule has 0 spiro atoms. The van der Waals surface area contributed by atoms with Crippen LogP contribution in [0, 0.1) is 6.92 Å². The van der Waals surface area contributed by atoms with Crippen molar-refractivity contribution in [3.05, 3.63) is 47.2 Å². The number of hydrogen-bond acceptors (Lipinski definition) is 5. The van der Waals surface area contributed by atoms with E-state index in [4.69, 9.17) is 10.2 Å². The lowest BCUT2D eigenvalue weighted by atomic mass is 10.1. The number of furan rings is 1. The number of aliphatic imine (C=N–C) groups is 1. The van der Waals surface area contributed by atoms with Crippen molar-refractivity contribution in [2.45, 2.75) is 13.5 Å². The van der Waals surface area contributed by atoms with Crippen molar-refractivity contribution in [3.63, 3.8) is 0 Å². The molecule has 6 nitrogen and oxygen atoms in total. The Morgan fingerprint density at radius 1 is 1.27 bits per heavy atom. The molecule has 0 unspecified atom stereocenters. The van der Waals surface area contributed by atoms with Gasteiger partial charge in [-0.15, -0.1) is 35.3 Å². The molecule has 0 aliphatic carbocycles. The van der Waals surface area contributed by atoms with Gasteiger partial charge in [-0.05, 0) is 13.0 Å². The van der Waals surface area contributed by atoms with E-state index in [9.17, 15) is 0 Å². The number of nitrogens with two attached hydrogens (primary N) is 1. The lowest BCUT2D eigenvalue weighted by Gasteiger charge is -2.35. The number of guanidine groups is 1. The maximum Gasteiger partial charge on any atom is 0.191 e. The summed E-state index contributed by atoms with van der Waals surface area (Å²) in [5, 5.41) is 4.23. The average Bonchev–Trinajstić information content (AvgIpc) is 3.29. The van der Waals surface area contributed by atoms with Crippen LogP contribution in [0.15, 0.2) is 45.3 Å². The van der Waals surface area contributed by atoms with Gasteiger partial charge in [0.05, 0.1) is 0 Å². The summed E-state index contributed by atoms with van der Waals surface area (Å²) in [5.41, 5.74) is 8.25. The van der Waals surface area contributed by atoms with Gasteiger partial charge in [-0.1, -0.05) is 18.2 Å². The second-order valence-electron chi connectivity index (χ2n) is 6.11. The molecule has 1 aromatic carbocycles. The zero-order valence-corrected chi connectivity index (χ0v) is 17.7. The Morgan fingerprint density at radius 3 is 2.73 bits per heavy atom. The lowest BCUT2D eigenvalue weighted by Crippen LogP contribution is -2.51. The second-order valence-corrected chi connectivity index (χ2v) is 6.98. The van der Waals surface area contributed by atoms with Gasteiger partial charge in [-0.2, -0.15) is 0 Å². The van der Waals surface area contributed by atoms with Crippen LogP contribution >= 0.6 is 35.3 Å². The van der Waals surface area contributed by atoms with Gasteiger partial charge in [0.15, 0.2) is 11.1 Å². The molecule has 1 saturated heterocycles. The summed E-state index contributed by atoms with van der Waals surface area (Å²) in [7, 11) is 0. The number of nitrogens with zero attached hydrogens (tertiary/aromatic N) is 4. The molecule has 3 aromatic rings. The Bertz CT molecular complexity index is 884. The Morgan fingerprint density at radius 2 is 2.04 bits per heavy atom. The number of aromatic nitrogens is 1. The minimum Gasteiger partial charge on any atom is -0.459 e. The van der Waals surface area contributed by atoms with Crippen LogP contribution in [0.2, 0.25) is 0 Å². The first-order valence-electron chi connectivity index (χ1n) is 8.38. The van der Waals surface area contributed by atoms with Crippen LogP contribution in [0.5, 0.6) is 0 Å². The Kier molecular flexibility index (Phi) is 6.02. The molecule has 1 fully saturated rings. The molecule has 2 aromatic heterocycles. The molecule has 0 radical (unpaired) electrons. The van der Waals surface area contributed by atoms with Crippen LogP contribution in [0.3, 0.4) is 0 Å². The number of halogens is 1. The number of piperazine rings is 1. The van der Waals surface area contributed by atoms with Gasteiger partial charge in [0.1, 0.15) is 17.9 Å². The molecule has 0 bridgehead atoms. The number of para-hydroxylation sites is 1. The number of hydrogen-bond donors (Lipinski definition) is 1. The summed E-state index contributed by atoms with van der Waals surface area (Å²) in [4.78, 5) is 13.3. The van der Waals surface area contributed by atoms with Crippen LogP contribution < -0.4 is 10.6 Å². The smallest absolute Gasteiger partial charge is 0.191 e. The minimum absolute atomic E-state index is 0. The molecule has 4 rings (SSSR count). The van der Waals surface area contributed by atoms with E-state index in [1.54, 1.807) is 11.3 Å². The van der Waals surface area contributed by atoms with Crippen LogP contribution in [-0.4, -0.2) is 42.0 Å². The SMILES string of the molecule is Cc1c(CN=C(N)N2CCN(c3nccs3)CC2)oc2ccccc12.I. The molecule has 1 aliphatic heterocycles. The predicted octanol–water partition coefficient (Wildman–Crippen LogP) is 3.45. The fourth-order valence-corrected chi connectivity index (χ4v) is 3.82. The van der Waals surface area contributed by atoms with E-state index in [1.165, 1.54) is 0 Å². The van der Waals surface area contributed by atoms with E-state index < -0.39 is 0 Å². The summed E-state index contributed by atoms with van der Waals surface area (Å²) < 4.78 is 5.91. The third kappa shape index (κ3) is 3.80. The van der Waals surface area contributed by atoms with Gasteiger partial charge in [-0.25, -0.2) is 9.98 Å². The van der Waals surface area contributed by atoms with Crippen molar-refractivity contribution < 1.29 is 4.42 Å². The zero-order chi connectivity index (χ0) is 17.2. The molecule has 0 atom stereocenters. The number of benzene rings is 1. The van der Waals surface area contributed by atoms with Crippen LogP contribution in [-0.2, 0) is 6.54 Å². The quantitative estimate of drug-likeness (QED) is 0.351. The molecular formula is C18H22IN5OS. The minimum atomic E-state index is 0. The third-order valence-corrected chi connectivity index (χ3v) is 5.45. The topological polar surface area (TPSA) is 70.9 Å². The second kappa shape index (κ2) is 8.26. The van der Waals surface area contributed by atoms with Crippen LogP contribution in [0.1, 0.15) is 11.3 Å². The molecule has 2 N–H and O–H groups in total. The largest absolute Gasteiger partial charge is 0.459 e. The Hall–Kier alpha value is -1.81. The van der Waals surface area contributed by atoms with E-state index in [-0.39, 0.29) is 24.0 Å². The molecule has 1 aliphatic rings. The van der Waals surface area contributed by atoms with E-state index >= 15 is 0 Å².